The van der Waals surface area contributed by atoms with E-state index in [2.05, 4.69) is 15.8 Å². The van der Waals surface area contributed by atoms with Gasteiger partial charge in [0.25, 0.3) is 11.5 Å². The van der Waals surface area contributed by atoms with Gasteiger partial charge in [0.15, 0.2) is 5.16 Å². The molecule has 166 valence electrons. The first kappa shape index (κ1) is 22.8. The summed E-state index contributed by atoms with van der Waals surface area (Å²) in [6.07, 6.45) is 0. The van der Waals surface area contributed by atoms with E-state index >= 15 is 0 Å². The Morgan fingerprint density at radius 1 is 0.909 bits per heavy atom. The Kier molecular flexibility index (Phi) is 6.98. The first-order chi connectivity index (χ1) is 15.9. The molecule has 0 saturated carbocycles. The van der Waals surface area contributed by atoms with Crippen LogP contribution in [0.1, 0.15) is 10.4 Å². The van der Waals surface area contributed by atoms with E-state index in [1.807, 2.05) is 0 Å². The highest BCUT2D eigenvalue weighted by Crippen LogP contribution is 2.27. The zero-order valence-electron chi connectivity index (χ0n) is 16.9. The van der Waals surface area contributed by atoms with Gasteiger partial charge in [-0.3, -0.25) is 29.8 Å². The highest BCUT2D eigenvalue weighted by Gasteiger charge is 2.16. The molecular weight excluding hydrogens is 483 g/mol. The minimum absolute atomic E-state index is 0.0961. The van der Waals surface area contributed by atoms with Crippen LogP contribution in [-0.2, 0) is 4.79 Å². The van der Waals surface area contributed by atoms with Crippen LogP contribution in [0, 0.1) is 0 Å². The second-order valence-electron chi connectivity index (χ2n) is 6.81. The van der Waals surface area contributed by atoms with Gasteiger partial charge in [0.1, 0.15) is 0 Å². The number of thioether (sulfide) groups is 1. The minimum Gasteiger partial charge on any atom is -0.272 e. The molecule has 0 aliphatic heterocycles. The van der Waals surface area contributed by atoms with Gasteiger partial charge in [0, 0.05) is 5.56 Å². The summed E-state index contributed by atoms with van der Waals surface area (Å²) in [5.74, 6) is -1.00. The summed E-state index contributed by atoms with van der Waals surface area (Å²) in [5.41, 5.74) is 5.80. The predicted molar refractivity (Wildman–Crippen MR) is 130 cm³/mol. The van der Waals surface area contributed by atoms with E-state index in [4.69, 9.17) is 23.2 Å². The molecule has 0 saturated heterocycles. The monoisotopic (exact) mass is 498 g/mol. The van der Waals surface area contributed by atoms with Crippen LogP contribution in [0.25, 0.3) is 16.6 Å². The average Bonchev–Trinajstić information content (AvgIpc) is 2.83. The van der Waals surface area contributed by atoms with Crippen LogP contribution in [0.15, 0.2) is 82.7 Å². The van der Waals surface area contributed by atoms with E-state index in [-0.39, 0.29) is 16.3 Å². The van der Waals surface area contributed by atoms with Crippen molar-refractivity contribution in [2.24, 2.45) is 0 Å². The molecule has 0 unspecified atom stereocenters. The standard InChI is InChI=1S/C23H16Cl2N4O3S/c24-17-11-10-15(12-18(17)25)29-22(32)16-8-4-5-9-19(16)26-23(29)33-13-20(30)27-28-21(31)14-6-2-1-3-7-14/h1-12H,13H2,(H,27,30)(H,28,31). The van der Waals surface area contributed by atoms with Gasteiger partial charge in [-0.1, -0.05) is 65.3 Å². The number of rotatable bonds is 5. The lowest BCUT2D eigenvalue weighted by Gasteiger charge is -2.14. The largest absolute Gasteiger partial charge is 0.272 e. The molecule has 1 heterocycles. The zero-order valence-corrected chi connectivity index (χ0v) is 19.2. The smallest absolute Gasteiger partial charge is 0.269 e. The molecule has 0 aliphatic carbocycles. The van der Waals surface area contributed by atoms with Gasteiger partial charge in [-0.25, -0.2) is 4.98 Å². The number of amides is 2. The van der Waals surface area contributed by atoms with Crippen molar-refractivity contribution >= 4 is 57.7 Å². The van der Waals surface area contributed by atoms with Crippen molar-refractivity contribution in [3.8, 4) is 5.69 Å². The van der Waals surface area contributed by atoms with Crippen LogP contribution in [-0.4, -0.2) is 27.1 Å². The van der Waals surface area contributed by atoms with Crippen LogP contribution < -0.4 is 16.4 Å². The van der Waals surface area contributed by atoms with Crippen molar-refractivity contribution in [1.82, 2.24) is 20.4 Å². The molecule has 33 heavy (non-hydrogen) atoms. The number of carbonyl (C=O) groups excluding carboxylic acids is 2. The van der Waals surface area contributed by atoms with Crippen molar-refractivity contribution in [2.75, 3.05) is 5.75 Å². The maximum atomic E-state index is 13.2. The van der Waals surface area contributed by atoms with Crippen molar-refractivity contribution in [3.63, 3.8) is 0 Å². The van der Waals surface area contributed by atoms with Crippen LogP contribution in [0.3, 0.4) is 0 Å². The van der Waals surface area contributed by atoms with Crippen LogP contribution in [0.2, 0.25) is 10.0 Å². The first-order valence-electron chi connectivity index (χ1n) is 9.68. The summed E-state index contributed by atoms with van der Waals surface area (Å²) in [6, 6.07) is 20.2. The Bertz CT molecular complexity index is 1410. The van der Waals surface area contributed by atoms with E-state index < -0.39 is 11.8 Å². The molecule has 3 aromatic carbocycles. The molecule has 10 heteroatoms. The lowest BCUT2D eigenvalue weighted by molar-refractivity contribution is -0.119. The van der Waals surface area contributed by atoms with Gasteiger partial charge in [-0.15, -0.1) is 0 Å². The van der Waals surface area contributed by atoms with Crippen LogP contribution in [0.4, 0.5) is 0 Å². The number of aromatic nitrogens is 2. The molecule has 0 fully saturated rings. The van der Waals surface area contributed by atoms with Crippen LogP contribution >= 0.6 is 35.0 Å². The normalized spacial score (nSPS) is 10.7. The summed E-state index contributed by atoms with van der Waals surface area (Å²) < 4.78 is 1.38. The van der Waals surface area contributed by atoms with E-state index in [1.54, 1.807) is 72.8 Å². The highest BCUT2D eigenvalue weighted by molar-refractivity contribution is 7.99. The molecule has 7 nitrogen and oxygen atoms in total. The first-order valence-corrected chi connectivity index (χ1v) is 11.4. The minimum atomic E-state index is -0.465. The molecule has 0 radical (unpaired) electrons. The fourth-order valence-electron chi connectivity index (χ4n) is 3.02. The number of hydrogen-bond donors (Lipinski definition) is 2. The summed E-state index contributed by atoms with van der Waals surface area (Å²) in [5, 5.41) is 1.35. The Hall–Kier alpha value is -3.33. The number of hydrazine groups is 1. The van der Waals surface area contributed by atoms with Gasteiger partial charge in [0.05, 0.1) is 32.4 Å². The van der Waals surface area contributed by atoms with Crippen molar-refractivity contribution < 1.29 is 9.59 Å². The number of carbonyl (C=O) groups is 2. The molecule has 0 aliphatic rings. The van der Waals surface area contributed by atoms with Crippen molar-refractivity contribution in [2.45, 2.75) is 5.16 Å². The van der Waals surface area contributed by atoms with Gasteiger partial charge < -0.3 is 0 Å². The second kappa shape index (κ2) is 10.1. The maximum absolute atomic E-state index is 13.2. The average molecular weight is 499 g/mol. The Balaban J connectivity index is 1.57. The molecule has 0 bridgehead atoms. The Morgan fingerprint density at radius 3 is 2.39 bits per heavy atom. The number of para-hydroxylation sites is 1. The molecule has 1 aromatic heterocycles. The summed E-state index contributed by atoms with van der Waals surface area (Å²) in [6.45, 7) is 0. The van der Waals surface area contributed by atoms with E-state index in [0.29, 0.717) is 32.3 Å². The van der Waals surface area contributed by atoms with E-state index in [1.165, 1.54) is 4.57 Å². The van der Waals surface area contributed by atoms with Gasteiger partial charge in [-0.2, -0.15) is 0 Å². The fraction of sp³-hybridized carbons (Fsp3) is 0.0435. The number of nitrogens with zero attached hydrogens (tertiary/aromatic N) is 2. The topological polar surface area (TPSA) is 93.1 Å². The third-order valence-electron chi connectivity index (χ3n) is 4.59. The third-order valence-corrected chi connectivity index (χ3v) is 6.27. The summed E-state index contributed by atoms with van der Waals surface area (Å²) in [7, 11) is 0. The summed E-state index contributed by atoms with van der Waals surface area (Å²) in [4.78, 5) is 42.2. The second-order valence-corrected chi connectivity index (χ2v) is 8.56. The molecule has 4 rings (SSSR count). The predicted octanol–water partition coefficient (Wildman–Crippen LogP) is 4.25. The lowest BCUT2D eigenvalue weighted by atomic mass is 10.2. The third kappa shape index (κ3) is 5.19. The molecular formula is C23H16Cl2N4O3S. The highest BCUT2D eigenvalue weighted by atomic mass is 35.5. The number of halogens is 2. The number of benzene rings is 3. The number of nitrogens with one attached hydrogen (secondary N) is 2. The van der Waals surface area contributed by atoms with E-state index in [0.717, 1.165) is 11.8 Å². The van der Waals surface area contributed by atoms with Crippen LogP contribution in [0.5, 0.6) is 0 Å². The molecule has 0 spiro atoms. The Labute approximate surface area is 202 Å². The van der Waals surface area contributed by atoms with Gasteiger partial charge in [0.2, 0.25) is 5.91 Å². The van der Waals surface area contributed by atoms with Gasteiger partial charge >= 0.3 is 0 Å². The summed E-state index contributed by atoms with van der Waals surface area (Å²) >= 11 is 13.2. The number of fused-ring (bicyclic) bond motifs is 1. The van der Waals surface area contributed by atoms with Gasteiger partial charge in [-0.05, 0) is 42.5 Å². The molecule has 0 atom stereocenters. The van der Waals surface area contributed by atoms with E-state index in [9.17, 15) is 14.4 Å². The quantitative estimate of drug-likeness (QED) is 0.243. The molecule has 2 N–H and O–H groups in total. The molecule has 4 aromatic rings. The fourth-order valence-corrected chi connectivity index (χ4v) is 4.12. The maximum Gasteiger partial charge on any atom is 0.269 e. The van der Waals surface area contributed by atoms with Crippen molar-refractivity contribution in [1.29, 1.82) is 0 Å². The number of hydrogen-bond acceptors (Lipinski definition) is 5. The Morgan fingerprint density at radius 2 is 1.64 bits per heavy atom. The SMILES string of the molecule is O=C(CSc1nc2ccccc2c(=O)n1-c1ccc(Cl)c(Cl)c1)NNC(=O)c1ccccc1. The molecule has 2 amide bonds. The zero-order chi connectivity index (χ0) is 23.4. The van der Waals surface area contributed by atoms with Crippen molar-refractivity contribution in [3.05, 3.63) is 98.8 Å². The lowest BCUT2D eigenvalue weighted by Crippen LogP contribution is -2.42.